The van der Waals surface area contributed by atoms with Gasteiger partial charge in [0.1, 0.15) is 12.0 Å². The Morgan fingerprint density at radius 2 is 2.09 bits per heavy atom. The fourth-order valence-electron chi connectivity index (χ4n) is 4.12. The third-order valence-corrected chi connectivity index (χ3v) is 8.32. The molecule has 0 unspecified atom stereocenters. The zero-order valence-corrected chi connectivity index (χ0v) is 19.2. The number of fused-ring (bicyclic) bond motifs is 1. The lowest BCUT2D eigenvalue weighted by atomic mass is 9.95. The number of nitrogens with zero attached hydrogens (tertiary/aromatic N) is 6. The van der Waals surface area contributed by atoms with Crippen LogP contribution in [0.2, 0.25) is 0 Å². The van der Waals surface area contributed by atoms with Crippen LogP contribution in [0.3, 0.4) is 0 Å². The van der Waals surface area contributed by atoms with Gasteiger partial charge in [-0.25, -0.2) is 17.7 Å². The molecule has 2 N–H and O–H groups in total. The molecule has 32 heavy (non-hydrogen) atoms. The summed E-state index contributed by atoms with van der Waals surface area (Å²) >= 11 is 0. The van der Waals surface area contributed by atoms with E-state index in [-0.39, 0.29) is 23.3 Å². The van der Waals surface area contributed by atoms with Crippen LogP contribution >= 0.6 is 0 Å². The number of hydrogen-bond donors (Lipinski definition) is 2. The second-order valence-corrected chi connectivity index (χ2v) is 11.1. The van der Waals surface area contributed by atoms with Crippen molar-refractivity contribution in [2.45, 2.75) is 57.4 Å². The van der Waals surface area contributed by atoms with Crippen LogP contribution in [0.4, 0.5) is 5.95 Å². The molecule has 11 nitrogen and oxygen atoms in total. The largest absolute Gasteiger partial charge is 0.485 e. The predicted molar refractivity (Wildman–Crippen MR) is 119 cm³/mol. The molecule has 1 saturated heterocycles. The summed E-state index contributed by atoms with van der Waals surface area (Å²) in [5.41, 5.74) is 2.01. The molecule has 2 fully saturated rings. The molecule has 1 aliphatic carbocycles. The normalized spacial score (nSPS) is 22.5. The molecule has 0 radical (unpaired) electrons. The molecule has 2 atom stereocenters. The smallest absolute Gasteiger partial charge is 0.243 e. The summed E-state index contributed by atoms with van der Waals surface area (Å²) in [5.74, 6) is 1.15. The number of aromatic nitrogens is 6. The molecule has 0 bridgehead atoms. The summed E-state index contributed by atoms with van der Waals surface area (Å²) in [5, 5.41) is 14.6. The van der Waals surface area contributed by atoms with Gasteiger partial charge in [-0.05, 0) is 39.0 Å². The van der Waals surface area contributed by atoms with Crippen molar-refractivity contribution < 1.29 is 13.2 Å². The van der Waals surface area contributed by atoms with Gasteiger partial charge >= 0.3 is 0 Å². The Bertz CT molecular complexity index is 1200. The highest BCUT2D eigenvalue weighted by Crippen LogP contribution is 2.34. The van der Waals surface area contributed by atoms with Crippen molar-refractivity contribution in [2.24, 2.45) is 5.92 Å². The van der Waals surface area contributed by atoms with Gasteiger partial charge in [-0.15, -0.1) is 5.10 Å². The highest BCUT2D eigenvalue weighted by Gasteiger charge is 2.42. The first-order valence-electron chi connectivity index (χ1n) is 11.0. The number of sulfonamides is 1. The lowest BCUT2D eigenvalue weighted by molar-refractivity contribution is 0.244. The molecule has 4 heterocycles. The summed E-state index contributed by atoms with van der Waals surface area (Å²) in [6.45, 7) is 6.99. The average Bonchev–Trinajstić information content (AvgIpc) is 3.32. The van der Waals surface area contributed by atoms with Gasteiger partial charge in [-0.3, -0.25) is 5.10 Å². The van der Waals surface area contributed by atoms with Crippen molar-refractivity contribution >= 4 is 21.6 Å². The van der Waals surface area contributed by atoms with E-state index < -0.39 is 10.0 Å². The van der Waals surface area contributed by atoms with Gasteiger partial charge in [0.2, 0.25) is 21.6 Å². The molecule has 5 rings (SSSR count). The quantitative estimate of drug-likeness (QED) is 0.547. The van der Waals surface area contributed by atoms with Gasteiger partial charge in [0.05, 0.1) is 17.6 Å². The number of hydrogen-bond acceptors (Lipinski definition) is 8. The molecule has 3 aromatic rings. The Morgan fingerprint density at radius 3 is 2.75 bits per heavy atom. The number of rotatable bonds is 7. The zero-order chi connectivity index (χ0) is 22.5. The molecular weight excluding hydrogens is 432 g/mol. The molecule has 1 aliphatic heterocycles. The molecule has 3 aromatic heterocycles. The van der Waals surface area contributed by atoms with Gasteiger partial charge in [-0.2, -0.15) is 14.6 Å². The Morgan fingerprint density at radius 1 is 1.28 bits per heavy atom. The van der Waals surface area contributed by atoms with E-state index in [1.807, 2.05) is 13.8 Å². The van der Waals surface area contributed by atoms with Gasteiger partial charge in [0.15, 0.2) is 5.75 Å². The molecular formula is C20H28N8O3S. The maximum absolute atomic E-state index is 12.6. The van der Waals surface area contributed by atoms with E-state index in [2.05, 4.69) is 37.5 Å². The Hall–Kier alpha value is -2.73. The molecule has 0 spiro atoms. The number of piperidine rings is 1. The second kappa shape index (κ2) is 8.00. The fourth-order valence-corrected chi connectivity index (χ4v) is 6.08. The standard InChI is InChI=1S/C20H28N8O3S/c1-12(2)31-18-17(14-8-22-23-9-14)21-11-28-19(18)25-20(26-28)24-16-6-7-27(10-13(16)3)32(29,30)15-4-5-15/h8-9,11-13,15-16H,4-7,10H2,1-3H3,(H,22,23)(H,24,26)/t13-,16+/m1/s1. The van der Waals surface area contributed by atoms with E-state index in [4.69, 9.17) is 4.74 Å². The lowest BCUT2D eigenvalue weighted by Gasteiger charge is -2.36. The molecule has 1 saturated carbocycles. The van der Waals surface area contributed by atoms with Crippen LogP contribution in [-0.2, 0) is 10.0 Å². The Labute approximate surface area is 186 Å². The van der Waals surface area contributed by atoms with Crippen LogP contribution in [0.15, 0.2) is 18.7 Å². The first kappa shape index (κ1) is 21.1. The number of ether oxygens (including phenoxy) is 1. The van der Waals surface area contributed by atoms with Crippen molar-refractivity contribution in [3.8, 4) is 17.0 Å². The molecule has 172 valence electrons. The van der Waals surface area contributed by atoms with Gasteiger partial charge < -0.3 is 10.1 Å². The molecule has 12 heteroatoms. The topological polar surface area (TPSA) is 130 Å². The molecule has 2 aliphatic rings. The van der Waals surface area contributed by atoms with E-state index in [9.17, 15) is 8.42 Å². The monoisotopic (exact) mass is 460 g/mol. The van der Waals surface area contributed by atoms with Gasteiger partial charge in [0, 0.05) is 30.9 Å². The third kappa shape index (κ3) is 3.92. The van der Waals surface area contributed by atoms with E-state index in [0.717, 1.165) is 18.4 Å². The summed E-state index contributed by atoms with van der Waals surface area (Å²) in [4.78, 5) is 9.20. The Balaban J connectivity index is 1.38. The minimum absolute atomic E-state index is 0.0699. The van der Waals surface area contributed by atoms with Crippen LogP contribution < -0.4 is 10.1 Å². The highest BCUT2D eigenvalue weighted by molar-refractivity contribution is 7.90. The number of anilines is 1. The highest BCUT2D eigenvalue weighted by atomic mass is 32.2. The van der Waals surface area contributed by atoms with Gasteiger partial charge in [0.25, 0.3) is 0 Å². The van der Waals surface area contributed by atoms with Gasteiger partial charge in [-0.1, -0.05) is 6.92 Å². The van der Waals surface area contributed by atoms with E-state index in [0.29, 0.717) is 42.5 Å². The maximum atomic E-state index is 12.6. The van der Waals surface area contributed by atoms with Crippen molar-refractivity contribution in [1.29, 1.82) is 0 Å². The van der Waals surface area contributed by atoms with Crippen molar-refractivity contribution in [2.75, 3.05) is 18.4 Å². The summed E-state index contributed by atoms with van der Waals surface area (Å²) < 4.78 is 34.5. The predicted octanol–water partition coefficient (Wildman–Crippen LogP) is 1.92. The van der Waals surface area contributed by atoms with E-state index in [1.165, 1.54) is 0 Å². The van der Waals surface area contributed by atoms with Crippen molar-refractivity contribution in [1.82, 2.24) is 34.1 Å². The first-order valence-corrected chi connectivity index (χ1v) is 12.5. The third-order valence-electron chi connectivity index (χ3n) is 5.96. The molecule has 0 amide bonds. The zero-order valence-electron chi connectivity index (χ0n) is 18.4. The minimum Gasteiger partial charge on any atom is -0.485 e. The lowest BCUT2D eigenvalue weighted by Crippen LogP contribution is -2.48. The van der Waals surface area contributed by atoms with Crippen molar-refractivity contribution in [3.05, 3.63) is 18.7 Å². The Kier molecular flexibility index (Phi) is 5.28. The van der Waals surface area contributed by atoms with Crippen molar-refractivity contribution in [3.63, 3.8) is 0 Å². The first-order chi connectivity index (χ1) is 15.3. The van der Waals surface area contributed by atoms with Crippen LogP contribution in [0.5, 0.6) is 5.75 Å². The van der Waals surface area contributed by atoms with Crippen LogP contribution in [0.1, 0.15) is 40.0 Å². The van der Waals surface area contributed by atoms with E-state index >= 15 is 0 Å². The minimum atomic E-state index is -3.14. The van der Waals surface area contributed by atoms with Crippen LogP contribution in [-0.4, -0.2) is 73.0 Å². The number of aromatic amines is 1. The van der Waals surface area contributed by atoms with Crippen LogP contribution in [0.25, 0.3) is 16.9 Å². The maximum Gasteiger partial charge on any atom is 0.243 e. The summed E-state index contributed by atoms with van der Waals surface area (Å²) in [7, 11) is -3.14. The second-order valence-electron chi connectivity index (χ2n) is 8.90. The van der Waals surface area contributed by atoms with E-state index in [1.54, 1.807) is 27.5 Å². The summed E-state index contributed by atoms with van der Waals surface area (Å²) in [6.07, 6.45) is 7.26. The summed E-state index contributed by atoms with van der Waals surface area (Å²) in [6, 6.07) is 0.0776. The fraction of sp³-hybridized carbons (Fsp3) is 0.600. The SMILES string of the molecule is CC(C)Oc1c(-c2cn[nH]c2)ncn2nc(N[C@H]3CCN(S(=O)(=O)C4CC4)C[C@H]3C)nc12. The average molecular weight is 461 g/mol. The number of H-pyrrole nitrogens is 1. The number of nitrogens with one attached hydrogen (secondary N) is 2. The molecule has 0 aromatic carbocycles. The van der Waals surface area contributed by atoms with Crippen LogP contribution in [0, 0.1) is 5.92 Å².